The van der Waals surface area contributed by atoms with E-state index in [4.69, 9.17) is 5.11 Å². The first-order chi connectivity index (χ1) is 9.36. The number of aromatic nitrogens is 2. The molecule has 2 aromatic rings. The van der Waals surface area contributed by atoms with Crippen molar-refractivity contribution in [2.75, 3.05) is 0 Å². The van der Waals surface area contributed by atoms with Crippen molar-refractivity contribution in [2.24, 2.45) is 0 Å². The van der Waals surface area contributed by atoms with E-state index in [0.29, 0.717) is 5.56 Å². The number of rotatable bonds is 3. The zero-order chi connectivity index (χ0) is 14.9. The van der Waals surface area contributed by atoms with E-state index < -0.39 is 17.7 Å². The van der Waals surface area contributed by atoms with Gasteiger partial charge in [0.05, 0.1) is 12.2 Å². The van der Waals surface area contributed by atoms with Gasteiger partial charge < -0.3 is 9.67 Å². The average molecular weight is 288 g/mol. The van der Waals surface area contributed by atoms with Gasteiger partial charge >= 0.3 is 6.18 Å². The van der Waals surface area contributed by atoms with Gasteiger partial charge in [-0.1, -0.05) is 6.07 Å². The van der Waals surface area contributed by atoms with Crippen molar-refractivity contribution in [3.8, 4) is 11.4 Å². The van der Waals surface area contributed by atoms with Crippen LogP contribution in [0.5, 0.6) is 0 Å². The van der Waals surface area contributed by atoms with Crippen LogP contribution in [0.15, 0.2) is 24.4 Å². The molecule has 0 aliphatic heterocycles. The Morgan fingerprint density at radius 3 is 2.50 bits per heavy atom. The molecular weight excluding hydrogens is 276 g/mol. The fourth-order valence-corrected chi connectivity index (χ4v) is 1.85. The maximum Gasteiger partial charge on any atom is 0.434 e. The molecule has 0 aliphatic carbocycles. The second-order valence-electron chi connectivity index (χ2n) is 4.21. The Morgan fingerprint density at radius 1 is 1.30 bits per heavy atom. The van der Waals surface area contributed by atoms with E-state index >= 15 is 0 Å². The van der Waals surface area contributed by atoms with E-state index in [1.54, 1.807) is 6.92 Å². The molecule has 0 bridgehead atoms. The highest BCUT2D eigenvalue weighted by Crippen LogP contribution is 2.31. The molecule has 0 saturated heterocycles. The third-order valence-electron chi connectivity index (χ3n) is 2.86. The number of aliphatic hydroxyl groups is 1. The molecule has 0 unspecified atom stereocenters. The Hall–Kier alpha value is -1.89. The second kappa shape index (κ2) is 5.24. The lowest BCUT2D eigenvalue weighted by Crippen LogP contribution is -2.05. The van der Waals surface area contributed by atoms with Crippen molar-refractivity contribution >= 4 is 0 Å². The predicted octanol–water partition coefficient (Wildman–Crippen LogP) is 3.22. The fourth-order valence-electron chi connectivity index (χ4n) is 1.85. The molecule has 7 heteroatoms. The molecule has 0 radical (unpaired) electrons. The lowest BCUT2D eigenvalue weighted by atomic mass is 10.1. The van der Waals surface area contributed by atoms with Crippen LogP contribution >= 0.6 is 0 Å². The van der Waals surface area contributed by atoms with Gasteiger partial charge in [-0.05, 0) is 24.6 Å². The molecule has 3 nitrogen and oxygen atoms in total. The summed E-state index contributed by atoms with van der Waals surface area (Å²) >= 11 is 0. The molecule has 1 aromatic carbocycles. The smallest absolute Gasteiger partial charge is 0.392 e. The topological polar surface area (TPSA) is 38.0 Å². The van der Waals surface area contributed by atoms with Crippen LogP contribution in [-0.2, 0) is 19.3 Å². The molecule has 0 saturated carbocycles. The van der Waals surface area contributed by atoms with Crippen LogP contribution in [0.4, 0.5) is 17.6 Å². The van der Waals surface area contributed by atoms with Gasteiger partial charge in [-0.25, -0.2) is 9.37 Å². The number of halogens is 4. The predicted molar refractivity (Wildman–Crippen MR) is 64.2 cm³/mol. The van der Waals surface area contributed by atoms with Crippen molar-refractivity contribution < 1.29 is 22.7 Å². The molecule has 108 valence electrons. The summed E-state index contributed by atoms with van der Waals surface area (Å²) in [5.74, 6) is -0.799. The first kappa shape index (κ1) is 14.5. The van der Waals surface area contributed by atoms with Crippen molar-refractivity contribution in [3.63, 3.8) is 0 Å². The Bertz CT molecular complexity index is 619. The maximum atomic E-state index is 13.9. The molecule has 0 fully saturated rings. The summed E-state index contributed by atoms with van der Waals surface area (Å²) in [5.41, 5.74) is -0.739. The highest BCUT2D eigenvalue weighted by atomic mass is 19.4. The molecule has 2 rings (SSSR count). The van der Waals surface area contributed by atoms with E-state index in [0.717, 1.165) is 12.3 Å². The summed E-state index contributed by atoms with van der Waals surface area (Å²) < 4.78 is 53.1. The first-order valence-electron chi connectivity index (χ1n) is 5.90. The number of nitrogens with zero attached hydrogens (tertiary/aromatic N) is 2. The van der Waals surface area contributed by atoms with Crippen LogP contribution in [0.25, 0.3) is 11.4 Å². The Kier molecular flexibility index (Phi) is 3.80. The van der Waals surface area contributed by atoms with Crippen molar-refractivity contribution in [1.82, 2.24) is 9.55 Å². The van der Waals surface area contributed by atoms with Gasteiger partial charge in [0.15, 0.2) is 5.69 Å². The Morgan fingerprint density at radius 2 is 2.00 bits per heavy atom. The van der Waals surface area contributed by atoms with Crippen LogP contribution in [-0.4, -0.2) is 14.7 Å². The highest BCUT2D eigenvalue weighted by Gasteiger charge is 2.35. The molecule has 20 heavy (non-hydrogen) atoms. The van der Waals surface area contributed by atoms with Gasteiger partial charge in [0.2, 0.25) is 0 Å². The second-order valence-corrected chi connectivity index (χ2v) is 4.21. The normalized spacial score (nSPS) is 11.9. The van der Waals surface area contributed by atoms with E-state index in [2.05, 4.69) is 4.98 Å². The SMILES string of the molecule is CCn1cc(C(F)(F)F)nc1-c1ccc(CO)cc1F. The zero-order valence-electron chi connectivity index (χ0n) is 10.6. The summed E-state index contributed by atoms with van der Waals surface area (Å²) in [5, 5.41) is 8.90. The Labute approximate surface area is 112 Å². The summed E-state index contributed by atoms with van der Waals surface area (Å²) in [4.78, 5) is 3.47. The molecule has 0 amide bonds. The summed E-state index contributed by atoms with van der Waals surface area (Å²) in [7, 11) is 0. The van der Waals surface area contributed by atoms with Crippen LogP contribution in [0.2, 0.25) is 0 Å². The molecule has 1 N–H and O–H groups in total. The fraction of sp³-hybridized carbons (Fsp3) is 0.308. The lowest BCUT2D eigenvalue weighted by Gasteiger charge is -2.06. The van der Waals surface area contributed by atoms with Crippen molar-refractivity contribution in [2.45, 2.75) is 26.3 Å². The summed E-state index contributed by atoms with van der Waals surface area (Å²) in [6.45, 7) is 1.54. The van der Waals surface area contributed by atoms with Gasteiger partial charge in [-0.2, -0.15) is 13.2 Å². The van der Waals surface area contributed by atoms with Crippen LogP contribution < -0.4 is 0 Å². The lowest BCUT2D eigenvalue weighted by molar-refractivity contribution is -0.140. The first-order valence-corrected chi connectivity index (χ1v) is 5.90. The summed E-state index contributed by atoms with van der Waals surface area (Å²) in [6, 6.07) is 3.84. The minimum absolute atomic E-state index is 0.0282. The number of hydrogen-bond donors (Lipinski definition) is 1. The Balaban J connectivity index is 2.54. The van der Waals surface area contributed by atoms with Gasteiger partial charge in [-0.3, -0.25) is 0 Å². The van der Waals surface area contributed by atoms with E-state index in [9.17, 15) is 17.6 Å². The van der Waals surface area contributed by atoms with Gasteiger partial charge in [-0.15, -0.1) is 0 Å². The highest BCUT2D eigenvalue weighted by molar-refractivity contribution is 5.58. The molecule has 1 aromatic heterocycles. The monoisotopic (exact) mass is 288 g/mol. The number of hydrogen-bond acceptors (Lipinski definition) is 2. The molecule has 0 aliphatic rings. The number of benzene rings is 1. The van der Waals surface area contributed by atoms with Crippen molar-refractivity contribution in [3.05, 3.63) is 41.5 Å². The van der Waals surface area contributed by atoms with Gasteiger partial charge in [0, 0.05) is 12.7 Å². The van der Waals surface area contributed by atoms with Gasteiger partial charge in [0.1, 0.15) is 11.6 Å². The third kappa shape index (κ3) is 2.67. The van der Waals surface area contributed by atoms with E-state index in [1.807, 2.05) is 0 Å². The maximum absolute atomic E-state index is 13.9. The standard InChI is InChI=1S/C13H12F4N2O/c1-2-19-6-11(13(15,16)17)18-12(19)9-4-3-8(7-20)5-10(9)14/h3-6,20H,2,7H2,1H3. The van der Waals surface area contributed by atoms with E-state index in [1.165, 1.54) is 16.7 Å². The van der Waals surface area contributed by atoms with E-state index in [-0.39, 0.29) is 24.5 Å². The number of imidazole rings is 1. The van der Waals surface area contributed by atoms with Crippen LogP contribution in [0.3, 0.4) is 0 Å². The quantitative estimate of drug-likeness (QED) is 0.881. The zero-order valence-corrected chi connectivity index (χ0v) is 10.6. The molecule has 0 spiro atoms. The van der Waals surface area contributed by atoms with Crippen molar-refractivity contribution in [1.29, 1.82) is 0 Å². The molecule has 0 atom stereocenters. The number of aryl methyl sites for hydroxylation is 1. The molecule has 1 heterocycles. The molecular formula is C13H12F4N2O. The average Bonchev–Trinajstić information content (AvgIpc) is 2.82. The minimum atomic E-state index is -4.57. The largest absolute Gasteiger partial charge is 0.434 e. The number of aliphatic hydroxyl groups excluding tert-OH is 1. The summed E-state index contributed by atoms with van der Waals surface area (Å²) in [6.07, 6.45) is -3.72. The number of alkyl halides is 3. The van der Waals surface area contributed by atoms with Crippen LogP contribution in [0, 0.1) is 5.82 Å². The minimum Gasteiger partial charge on any atom is -0.392 e. The van der Waals surface area contributed by atoms with Crippen LogP contribution in [0.1, 0.15) is 18.2 Å². The van der Waals surface area contributed by atoms with Gasteiger partial charge in [0.25, 0.3) is 0 Å². The third-order valence-corrected chi connectivity index (χ3v) is 2.86.